The van der Waals surface area contributed by atoms with Gasteiger partial charge in [0.15, 0.2) is 0 Å². The minimum absolute atomic E-state index is 0.229. The molecule has 0 fully saturated rings. The van der Waals surface area contributed by atoms with E-state index in [1.165, 1.54) is 0 Å². The molecular formula is C13H12INO3S. The van der Waals surface area contributed by atoms with E-state index in [0.29, 0.717) is 11.4 Å². The third-order valence-electron chi connectivity index (χ3n) is 2.46. The maximum Gasteiger partial charge on any atom is 0.261 e. The van der Waals surface area contributed by atoms with Crippen molar-refractivity contribution in [1.82, 2.24) is 0 Å². The Morgan fingerprint density at radius 2 is 1.79 bits per heavy atom. The summed E-state index contributed by atoms with van der Waals surface area (Å²) in [5, 5.41) is 0. The first-order valence-corrected chi connectivity index (χ1v) is 8.00. The Morgan fingerprint density at radius 3 is 2.42 bits per heavy atom. The maximum atomic E-state index is 12.1. The smallest absolute Gasteiger partial charge is 0.261 e. The standard InChI is InChI=1S/C13H12INO3S/c1-18-13-9-10(7-8-12(13)14)15-19(16,17)11-5-3-2-4-6-11/h2-9,15H,1H3. The van der Waals surface area contributed by atoms with Crippen LogP contribution >= 0.6 is 22.6 Å². The van der Waals surface area contributed by atoms with Crippen LogP contribution in [0.4, 0.5) is 5.69 Å². The lowest BCUT2D eigenvalue weighted by molar-refractivity contribution is 0.412. The van der Waals surface area contributed by atoms with Gasteiger partial charge in [0.2, 0.25) is 0 Å². The second kappa shape index (κ2) is 5.79. The summed E-state index contributed by atoms with van der Waals surface area (Å²) in [5.74, 6) is 0.633. The third kappa shape index (κ3) is 3.38. The summed E-state index contributed by atoms with van der Waals surface area (Å²) in [6, 6.07) is 13.4. The van der Waals surface area contributed by atoms with Crippen molar-refractivity contribution < 1.29 is 13.2 Å². The van der Waals surface area contributed by atoms with E-state index in [1.54, 1.807) is 55.6 Å². The number of ether oxygens (including phenoxy) is 1. The molecule has 0 unspecified atom stereocenters. The molecule has 2 aromatic carbocycles. The summed E-state index contributed by atoms with van der Waals surface area (Å²) in [6.07, 6.45) is 0. The van der Waals surface area contributed by atoms with Crippen LogP contribution in [0.15, 0.2) is 53.4 Å². The van der Waals surface area contributed by atoms with Gasteiger partial charge in [0.25, 0.3) is 10.0 Å². The molecule has 0 saturated heterocycles. The fourth-order valence-corrected chi connectivity index (χ4v) is 3.16. The number of rotatable bonds is 4. The molecule has 19 heavy (non-hydrogen) atoms. The Kier molecular flexibility index (Phi) is 4.31. The van der Waals surface area contributed by atoms with Gasteiger partial charge in [0, 0.05) is 6.07 Å². The van der Waals surface area contributed by atoms with E-state index in [9.17, 15) is 8.42 Å². The number of halogens is 1. The third-order valence-corrected chi connectivity index (χ3v) is 4.75. The normalized spacial score (nSPS) is 11.1. The second-order valence-corrected chi connectivity index (χ2v) is 6.61. The molecule has 2 aromatic rings. The summed E-state index contributed by atoms with van der Waals surface area (Å²) < 4.78 is 32.9. The van der Waals surface area contributed by atoms with Crippen molar-refractivity contribution >= 4 is 38.3 Å². The monoisotopic (exact) mass is 389 g/mol. The van der Waals surface area contributed by atoms with Gasteiger partial charge in [-0.05, 0) is 46.9 Å². The number of anilines is 1. The molecule has 0 saturated carbocycles. The molecule has 0 aromatic heterocycles. The molecule has 100 valence electrons. The molecule has 0 atom stereocenters. The Balaban J connectivity index is 2.31. The SMILES string of the molecule is COc1cc(NS(=O)(=O)c2ccccc2)ccc1I. The lowest BCUT2D eigenvalue weighted by atomic mass is 10.3. The van der Waals surface area contributed by atoms with Gasteiger partial charge in [-0.3, -0.25) is 4.72 Å². The van der Waals surface area contributed by atoms with Gasteiger partial charge in [0.1, 0.15) is 5.75 Å². The quantitative estimate of drug-likeness (QED) is 0.818. The molecule has 0 aliphatic carbocycles. The van der Waals surface area contributed by atoms with E-state index in [2.05, 4.69) is 27.3 Å². The minimum Gasteiger partial charge on any atom is -0.496 e. The van der Waals surface area contributed by atoms with Crippen molar-refractivity contribution in [2.75, 3.05) is 11.8 Å². The van der Waals surface area contributed by atoms with Crippen LogP contribution in [-0.2, 0) is 10.0 Å². The summed E-state index contributed by atoms with van der Waals surface area (Å²) in [4.78, 5) is 0.229. The first-order valence-electron chi connectivity index (χ1n) is 5.44. The molecule has 6 heteroatoms. The molecule has 0 bridgehead atoms. The van der Waals surface area contributed by atoms with Crippen LogP contribution in [0.1, 0.15) is 0 Å². The maximum absolute atomic E-state index is 12.1. The summed E-state index contributed by atoms with van der Waals surface area (Å²) in [6.45, 7) is 0. The van der Waals surface area contributed by atoms with E-state index < -0.39 is 10.0 Å². The van der Waals surface area contributed by atoms with Gasteiger partial charge >= 0.3 is 0 Å². The molecular weight excluding hydrogens is 377 g/mol. The number of sulfonamides is 1. The van der Waals surface area contributed by atoms with E-state index in [-0.39, 0.29) is 4.90 Å². The number of hydrogen-bond acceptors (Lipinski definition) is 3. The van der Waals surface area contributed by atoms with Crippen molar-refractivity contribution in [2.45, 2.75) is 4.90 Å². The van der Waals surface area contributed by atoms with Crippen LogP contribution in [0.5, 0.6) is 5.75 Å². The molecule has 1 N–H and O–H groups in total. The Morgan fingerprint density at radius 1 is 1.11 bits per heavy atom. The van der Waals surface area contributed by atoms with Gasteiger partial charge < -0.3 is 4.74 Å². The summed E-state index contributed by atoms with van der Waals surface area (Å²) in [7, 11) is -2.01. The highest BCUT2D eigenvalue weighted by atomic mass is 127. The molecule has 0 radical (unpaired) electrons. The van der Waals surface area contributed by atoms with Crippen molar-refractivity contribution in [3.8, 4) is 5.75 Å². The molecule has 0 spiro atoms. The first kappa shape index (κ1) is 14.1. The van der Waals surface area contributed by atoms with Gasteiger partial charge in [0.05, 0.1) is 21.3 Å². The average Bonchev–Trinajstić information content (AvgIpc) is 2.42. The van der Waals surface area contributed by atoms with Crippen LogP contribution in [0.3, 0.4) is 0 Å². The molecule has 2 rings (SSSR count). The lowest BCUT2D eigenvalue weighted by Gasteiger charge is -2.10. The molecule has 4 nitrogen and oxygen atoms in total. The Labute approximate surface area is 126 Å². The second-order valence-electron chi connectivity index (χ2n) is 3.77. The fourth-order valence-electron chi connectivity index (χ4n) is 1.54. The van der Waals surface area contributed by atoms with Gasteiger partial charge in [-0.25, -0.2) is 8.42 Å². The van der Waals surface area contributed by atoms with E-state index in [0.717, 1.165) is 3.57 Å². The minimum atomic E-state index is -3.56. The first-order chi connectivity index (χ1) is 9.03. The van der Waals surface area contributed by atoms with Crippen molar-refractivity contribution in [3.63, 3.8) is 0 Å². The highest BCUT2D eigenvalue weighted by molar-refractivity contribution is 14.1. The molecule has 0 heterocycles. The van der Waals surface area contributed by atoms with Gasteiger partial charge in [-0.15, -0.1) is 0 Å². The van der Waals surface area contributed by atoms with Gasteiger partial charge in [-0.2, -0.15) is 0 Å². The Hall–Kier alpha value is -1.28. The van der Waals surface area contributed by atoms with E-state index >= 15 is 0 Å². The van der Waals surface area contributed by atoms with Crippen LogP contribution < -0.4 is 9.46 Å². The van der Waals surface area contributed by atoms with Gasteiger partial charge in [-0.1, -0.05) is 18.2 Å². The number of benzene rings is 2. The largest absolute Gasteiger partial charge is 0.496 e. The zero-order valence-electron chi connectivity index (χ0n) is 10.1. The topological polar surface area (TPSA) is 55.4 Å². The zero-order valence-corrected chi connectivity index (χ0v) is 13.1. The molecule has 0 amide bonds. The van der Waals surface area contributed by atoms with E-state index in [4.69, 9.17) is 4.74 Å². The van der Waals surface area contributed by atoms with Crippen LogP contribution in [0, 0.1) is 3.57 Å². The van der Waals surface area contributed by atoms with Crippen LogP contribution in [-0.4, -0.2) is 15.5 Å². The lowest BCUT2D eigenvalue weighted by Crippen LogP contribution is -2.12. The molecule has 0 aliphatic rings. The highest BCUT2D eigenvalue weighted by Gasteiger charge is 2.14. The molecule has 0 aliphatic heterocycles. The van der Waals surface area contributed by atoms with E-state index in [1.807, 2.05) is 0 Å². The number of methoxy groups -OCH3 is 1. The van der Waals surface area contributed by atoms with Crippen molar-refractivity contribution in [1.29, 1.82) is 0 Å². The number of nitrogens with one attached hydrogen (secondary N) is 1. The van der Waals surface area contributed by atoms with Crippen LogP contribution in [0.2, 0.25) is 0 Å². The highest BCUT2D eigenvalue weighted by Crippen LogP contribution is 2.26. The predicted molar refractivity (Wildman–Crippen MR) is 83.0 cm³/mol. The Bertz CT molecular complexity index is 672. The van der Waals surface area contributed by atoms with Crippen LogP contribution in [0.25, 0.3) is 0 Å². The summed E-state index contributed by atoms with van der Waals surface area (Å²) >= 11 is 2.12. The predicted octanol–water partition coefficient (Wildman–Crippen LogP) is 3.10. The van der Waals surface area contributed by atoms with Crippen molar-refractivity contribution in [2.24, 2.45) is 0 Å². The number of hydrogen-bond donors (Lipinski definition) is 1. The average molecular weight is 389 g/mol. The fraction of sp³-hybridized carbons (Fsp3) is 0.0769. The zero-order chi connectivity index (χ0) is 13.9. The summed E-state index contributed by atoms with van der Waals surface area (Å²) in [5.41, 5.74) is 0.473. The van der Waals surface area contributed by atoms with Crippen molar-refractivity contribution in [3.05, 3.63) is 52.1 Å².